The Morgan fingerprint density at radius 3 is 2.73 bits per heavy atom. The number of aromatic nitrogens is 4. The molecule has 3 N–H and O–H groups in total. The molecule has 5 rings (SSSR count). The van der Waals surface area contributed by atoms with Crippen molar-refractivity contribution in [2.24, 2.45) is 0 Å². The first kappa shape index (κ1) is 18.7. The van der Waals surface area contributed by atoms with Crippen LogP contribution in [-0.4, -0.2) is 63.8 Å². The summed E-state index contributed by atoms with van der Waals surface area (Å²) >= 11 is 0. The molecule has 2 aliphatic rings. The number of H-pyrrole nitrogens is 1. The zero-order valence-corrected chi connectivity index (χ0v) is 17.1. The van der Waals surface area contributed by atoms with E-state index in [1.165, 1.54) is 18.5 Å². The molecule has 30 heavy (non-hydrogen) atoms. The van der Waals surface area contributed by atoms with Crippen LogP contribution >= 0.6 is 0 Å². The van der Waals surface area contributed by atoms with E-state index in [1.54, 1.807) is 0 Å². The number of amides is 2. The molecule has 0 spiro atoms. The van der Waals surface area contributed by atoms with Gasteiger partial charge in [0.05, 0.1) is 5.52 Å². The molecule has 2 amide bonds. The number of piperazine rings is 1. The summed E-state index contributed by atoms with van der Waals surface area (Å²) in [6.45, 7) is 5.26. The van der Waals surface area contributed by atoms with Crippen LogP contribution in [0.1, 0.15) is 31.4 Å². The Kier molecular flexibility index (Phi) is 4.86. The van der Waals surface area contributed by atoms with Crippen LogP contribution in [0.3, 0.4) is 0 Å². The van der Waals surface area contributed by atoms with Crippen molar-refractivity contribution >= 4 is 34.5 Å². The van der Waals surface area contributed by atoms with E-state index < -0.39 is 0 Å². The first-order valence-corrected chi connectivity index (χ1v) is 10.6. The van der Waals surface area contributed by atoms with E-state index in [9.17, 15) is 4.79 Å². The lowest BCUT2D eigenvalue weighted by Crippen LogP contribution is -2.52. The lowest BCUT2D eigenvalue weighted by atomic mass is 10.2. The van der Waals surface area contributed by atoms with E-state index in [4.69, 9.17) is 9.97 Å². The SMILES string of the molecule is CCNC(=O)N1CCN(c2nc(Nc3cc(C4CC4)[nH]n3)c3ccccc3n2)CC1. The van der Waals surface area contributed by atoms with Crippen LogP contribution in [0.2, 0.25) is 0 Å². The van der Waals surface area contributed by atoms with Crippen molar-refractivity contribution in [1.82, 2.24) is 30.4 Å². The third kappa shape index (κ3) is 3.74. The third-order valence-electron chi connectivity index (χ3n) is 5.63. The standard InChI is InChI=1S/C21H26N8O/c1-2-22-21(30)29-11-9-28(10-12-29)20-23-16-6-4-3-5-15(16)19(25-20)24-18-13-17(26-27-18)14-7-8-14/h3-6,13-14H,2,7-12H2,1H3,(H,22,30)(H2,23,24,25,26,27). The van der Waals surface area contributed by atoms with Gasteiger partial charge in [0.1, 0.15) is 5.82 Å². The molecule has 9 nitrogen and oxygen atoms in total. The third-order valence-corrected chi connectivity index (χ3v) is 5.63. The summed E-state index contributed by atoms with van der Waals surface area (Å²) in [6.07, 6.45) is 2.45. The van der Waals surface area contributed by atoms with Crippen molar-refractivity contribution in [2.45, 2.75) is 25.7 Å². The van der Waals surface area contributed by atoms with Crippen LogP contribution in [0.4, 0.5) is 22.4 Å². The first-order chi connectivity index (χ1) is 14.7. The first-order valence-electron chi connectivity index (χ1n) is 10.6. The molecule has 0 radical (unpaired) electrons. The van der Waals surface area contributed by atoms with Crippen molar-refractivity contribution in [3.8, 4) is 0 Å². The number of para-hydroxylation sites is 1. The van der Waals surface area contributed by atoms with Crippen LogP contribution < -0.4 is 15.5 Å². The average Bonchev–Trinajstić information content (AvgIpc) is 3.53. The second kappa shape index (κ2) is 7.81. The lowest BCUT2D eigenvalue weighted by Gasteiger charge is -2.34. The van der Waals surface area contributed by atoms with Crippen molar-refractivity contribution in [3.63, 3.8) is 0 Å². The average molecular weight is 406 g/mol. The van der Waals surface area contributed by atoms with Crippen LogP contribution in [0, 0.1) is 0 Å². The smallest absolute Gasteiger partial charge is 0.317 e. The van der Waals surface area contributed by atoms with E-state index in [0.29, 0.717) is 44.6 Å². The van der Waals surface area contributed by atoms with Gasteiger partial charge < -0.3 is 20.4 Å². The van der Waals surface area contributed by atoms with E-state index >= 15 is 0 Å². The predicted octanol–water partition coefficient (Wildman–Crippen LogP) is 2.83. The summed E-state index contributed by atoms with van der Waals surface area (Å²) in [5, 5.41) is 14.7. The van der Waals surface area contributed by atoms with Gasteiger partial charge in [-0.25, -0.2) is 9.78 Å². The van der Waals surface area contributed by atoms with Gasteiger partial charge in [-0.15, -0.1) is 0 Å². The Labute approximate surface area is 174 Å². The van der Waals surface area contributed by atoms with E-state index in [0.717, 1.165) is 22.5 Å². The summed E-state index contributed by atoms with van der Waals surface area (Å²) in [4.78, 5) is 25.6. The van der Waals surface area contributed by atoms with Gasteiger partial charge in [0.2, 0.25) is 5.95 Å². The number of fused-ring (bicyclic) bond motifs is 1. The molecule has 1 aliphatic heterocycles. The Morgan fingerprint density at radius 2 is 1.97 bits per heavy atom. The number of nitrogens with one attached hydrogen (secondary N) is 3. The Bertz CT molecular complexity index is 1050. The van der Waals surface area contributed by atoms with Gasteiger partial charge in [-0.05, 0) is 31.9 Å². The Balaban J connectivity index is 1.38. The van der Waals surface area contributed by atoms with Gasteiger partial charge in [0.15, 0.2) is 5.82 Å². The van der Waals surface area contributed by atoms with Gasteiger partial charge in [-0.2, -0.15) is 10.1 Å². The van der Waals surface area contributed by atoms with Crippen LogP contribution in [0.25, 0.3) is 10.9 Å². The molecule has 2 fully saturated rings. The molecule has 1 aromatic carbocycles. The molecule has 3 heterocycles. The minimum Gasteiger partial charge on any atom is -0.338 e. The zero-order chi connectivity index (χ0) is 20.5. The molecule has 1 saturated heterocycles. The topological polar surface area (TPSA) is 102 Å². The molecule has 0 unspecified atom stereocenters. The number of aromatic amines is 1. The molecule has 156 valence electrons. The molecular formula is C21H26N8O. The largest absolute Gasteiger partial charge is 0.338 e. The summed E-state index contributed by atoms with van der Waals surface area (Å²) in [7, 11) is 0. The van der Waals surface area contributed by atoms with Gasteiger partial charge in [-0.1, -0.05) is 12.1 Å². The summed E-state index contributed by atoms with van der Waals surface area (Å²) < 4.78 is 0. The van der Waals surface area contributed by atoms with Crippen molar-refractivity contribution in [3.05, 3.63) is 36.0 Å². The number of rotatable bonds is 5. The maximum Gasteiger partial charge on any atom is 0.317 e. The molecule has 0 bridgehead atoms. The van der Waals surface area contributed by atoms with Crippen LogP contribution in [-0.2, 0) is 0 Å². The number of anilines is 3. The minimum atomic E-state index is -0.0102. The lowest BCUT2D eigenvalue weighted by molar-refractivity contribution is 0.194. The summed E-state index contributed by atoms with van der Waals surface area (Å²) in [5.41, 5.74) is 2.06. The number of urea groups is 1. The monoisotopic (exact) mass is 406 g/mol. The Morgan fingerprint density at radius 1 is 1.17 bits per heavy atom. The van der Waals surface area contributed by atoms with Crippen LogP contribution in [0.5, 0.6) is 0 Å². The highest BCUT2D eigenvalue weighted by molar-refractivity contribution is 5.91. The zero-order valence-electron chi connectivity index (χ0n) is 17.1. The second-order valence-corrected chi connectivity index (χ2v) is 7.81. The second-order valence-electron chi connectivity index (χ2n) is 7.81. The number of nitrogens with zero attached hydrogens (tertiary/aromatic N) is 5. The number of hydrogen-bond donors (Lipinski definition) is 3. The van der Waals surface area contributed by atoms with Gasteiger partial charge >= 0.3 is 6.03 Å². The van der Waals surface area contributed by atoms with E-state index in [2.05, 4.69) is 31.8 Å². The van der Waals surface area contributed by atoms with Crippen molar-refractivity contribution in [2.75, 3.05) is 42.9 Å². The quantitative estimate of drug-likeness (QED) is 0.602. The fourth-order valence-electron chi connectivity index (χ4n) is 3.80. The van der Waals surface area contributed by atoms with E-state index in [1.807, 2.05) is 36.1 Å². The van der Waals surface area contributed by atoms with Gasteiger partial charge in [-0.3, -0.25) is 5.10 Å². The van der Waals surface area contributed by atoms with Crippen molar-refractivity contribution < 1.29 is 4.79 Å². The minimum absolute atomic E-state index is 0.0102. The summed E-state index contributed by atoms with van der Waals surface area (Å²) in [6, 6.07) is 10.0. The molecule has 2 aromatic heterocycles. The fraction of sp³-hybridized carbons (Fsp3) is 0.429. The fourth-order valence-corrected chi connectivity index (χ4v) is 3.80. The van der Waals surface area contributed by atoms with E-state index in [-0.39, 0.29) is 6.03 Å². The maximum atomic E-state index is 12.1. The molecule has 9 heteroatoms. The summed E-state index contributed by atoms with van der Waals surface area (Å²) in [5.74, 6) is 2.81. The highest BCUT2D eigenvalue weighted by Crippen LogP contribution is 2.39. The number of carbonyl (C=O) groups excluding carboxylic acids is 1. The van der Waals surface area contributed by atoms with Crippen LogP contribution in [0.15, 0.2) is 30.3 Å². The normalized spacial score (nSPS) is 16.7. The number of hydrogen-bond acceptors (Lipinski definition) is 6. The molecule has 0 atom stereocenters. The van der Waals surface area contributed by atoms with Gasteiger partial charge in [0.25, 0.3) is 0 Å². The van der Waals surface area contributed by atoms with Gasteiger partial charge in [0, 0.05) is 55.8 Å². The van der Waals surface area contributed by atoms with Crippen molar-refractivity contribution in [1.29, 1.82) is 0 Å². The molecule has 1 saturated carbocycles. The predicted molar refractivity (Wildman–Crippen MR) is 116 cm³/mol. The number of carbonyl (C=O) groups is 1. The molecule has 1 aliphatic carbocycles. The number of benzene rings is 1. The Hall–Kier alpha value is -3.36. The maximum absolute atomic E-state index is 12.1. The highest BCUT2D eigenvalue weighted by Gasteiger charge is 2.26. The molecular weight excluding hydrogens is 380 g/mol. The highest BCUT2D eigenvalue weighted by atomic mass is 16.2. The molecule has 3 aromatic rings.